The standard InChI is InChI=1S/C15H16FNO4/c1-8(2)21-12-7-10(15(18)20-4)17-14-9(16)5-6-11(19-3)13(12)14/h5-8H,1-4H3. The first kappa shape index (κ1) is 15.0. The van der Waals surface area contributed by atoms with Crippen molar-refractivity contribution in [2.24, 2.45) is 0 Å². The summed E-state index contributed by atoms with van der Waals surface area (Å²) >= 11 is 0. The summed E-state index contributed by atoms with van der Waals surface area (Å²) in [5.74, 6) is -0.476. The lowest BCUT2D eigenvalue weighted by Gasteiger charge is -2.15. The molecule has 5 nitrogen and oxygen atoms in total. The fourth-order valence-electron chi connectivity index (χ4n) is 1.97. The number of pyridine rings is 1. The Morgan fingerprint density at radius 3 is 2.52 bits per heavy atom. The van der Waals surface area contributed by atoms with Gasteiger partial charge in [0.1, 0.15) is 22.8 Å². The molecule has 21 heavy (non-hydrogen) atoms. The molecule has 0 amide bonds. The molecule has 0 aliphatic carbocycles. The molecule has 0 saturated carbocycles. The van der Waals surface area contributed by atoms with Gasteiger partial charge >= 0.3 is 5.97 Å². The van der Waals surface area contributed by atoms with Crippen LogP contribution in [0.15, 0.2) is 18.2 Å². The molecule has 0 saturated heterocycles. The molecule has 0 aliphatic rings. The third-order valence-electron chi connectivity index (χ3n) is 2.81. The minimum absolute atomic E-state index is 0.00731. The van der Waals surface area contributed by atoms with Crippen LogP contribution in [-0.2, 0) is 4.74 Å². The van der Waals surface area contributed by atoms with Gasteiger partial charge in [-0.25, -0.2) is 14.2 Å². The lowest BCUT2D eigenvalue weighted by molar-refractivity contribution is 0.0593. The zero-order chi connectivity index (χ0) is 15.6. The molecule has 1 heterocycles. The number of carbonyl (C=O) groups is 1. The quantitative estimate of drug-likeness (QED) is 0.811. The molecule has 1 aromatic heterocycles. The summed E-state index contributed by atoms with van der Waals surface area (Å²) in [6, 6.07) is 4.15. The second-order valence-electron chi connectivity index (χ2n) is 4.64. The van der Waals surface area contributed by atoms with Gasteiger partial charge in [-0.1, -0.05) is 0 Å². The molecule has 0 spiro atoms. The molecule has 0 unspecified atom stereocenters. The Kier molecular flexibility index (Phi) is 4.26. The van der Waals surface area contributed by atoms with Crippen molar-refractivity contribution in [1.29, 1.82) is 0 Å². The van der Waals surface area contributed by atoms with Crippen molar-refractivity contribution in [2.75, 3.05) is 14.2 Å². The van der Waals surface area contributed by atoms with Gasteiger partial charge in [-0.2, -0.15) is 0 Å². The Hall–Kier alpha value is -2.37. The number of rotatable bonds is 4. The summed E-state index contributed by atoms with van der Waals surface area (Å²) in [6.45, 7) is 3.66. The molecule has 0 radical (unpaired) electrons. The van der Waals surface area contributed by atoms with Crippen LogP contribution in [-0.4, -0.2) is 31.3 Å². The zero-order valence-corrected chi connectivity index (χ0v) is 12.3. The van der Waals surface area contributed by atoms with E-state index in [4.69, 9.17) is 9.47 Å². The monoisotopic (exact) mass is 293 g/mol. The summed E-state index contributed by atoms with van der Waals surface area (Å²) in [7, 11) is 2.71. The third-order valence-corrected chi connectivity index (χ3v) is 2.81. The highest BCUT2D eigenvalue weighted by Crippen LogP contribution is 2.35. The maximum atomic E-state index is 14.0. The van der Waals surface area contributed by atoms with Crippen LogP contribution < -0.4 is 9.47 Å². The van der Waals surface area contributed by atoms with Gasteiger partial charge in [0.2, 0.25) is 0 Å². The lowest BCUT2D eigenvalue weighted by Crippen LogP contribution is -2.10. The third kappa shape index (κ3) is 2.89. The number of hydrogen-bond donors (Lipinski definition) is 0. The first-order valence-corrected chi connectivity index (χ1v) is 6.40. The van der Waals surface area contributed by atoms with Gasteiger partial charge < -0.3 is 14.2 Å². The number of carbonyl (C=O) groups excluding carboxylic acids is 1. The zero-order valence-electron chi connectivity index (χ0n) is 12.3. The van der Waals surface area contributed by atoms with E-state index < -0.39 is 11.8 Å². The number of benzene rings is 1. The Labute approximate surface area is 121 Å². The van der Waals surface area contributed by atoms with E-state index in [9.17, 15) is 9.18 Å². The van der Waals surface area contributed by atoms with Crippen LogP contribution in [0.25, 0.3) is 10.9 Å². The molecule has 0 N–H and O–H groups in total. The first-order chi connectivity index (χ1) is 9.97. The van der Waals surface area contributed by atoms with Gasteiger partial charge in [-0.05, 0) is 26.0 Å². The number of ether oxygens (including phenoxy) is 3. The molecule has 2 rings (SSSR count). The SMILES string of the molecule is COC(=O)c1cc(OC(C)C)c2c(OC)ccc(F)c2n1. The Morgan fingerprint density at radius 2 is 1.95 bits per heavy atom. The first-order valence-electron chi connectivity index (χ1n) is 6.40. The van der Waals surface area contributed by atoms with Gasteiger partial charge in [0.25, 0.3) is 0 Å². The van der Waals surface area contributed by atoms with Crippen LogP contribution in [0.5, 0.6) is 11.5 Å². The number of methoxy groups -OCH3 is 2. The van der Waals surface area contributed by atoms with Crippen LogP contribution in [0.1, 0.15) is 24.3 Å². The van der Waals surface area contributed by atoms with Crippen LogP contribution >= 0.6 is 0 Å². The van der Waals surface area contributed by atoms with E-state index in [1.54, 1.807) is 0 Å². The van der Waals surface area contributed by atoms with Gasteiger partial charge in [0.15, 0.2) is 5.69 Å². The van der Waals surface area contributed by atoms with Crippen LogP contribution in [0, 0.1) is 5.82 Å². The molecule has 0 bridgehead atoms. The summed E-state index contributed by atoms with van der Waals surface area (Å²) in [5.41, 5.74) is -0.0132. The number of nitrogens with zero attached hydrogens (tertiary/aromatic N) is 1. The molecule has 0 atom stereocenters. The maximum absolute atomic E-state index is 14.0. The van der Waals surface area contributed by atoms with Crippen molar-refractivity contribution in [3.63, 3.8) is 0 Å². The van der Waals surface area contributed by atoms with Gasteiger partial charge in [0, 0.05) is 6.07 Å². The predicted octanol–water partition coefficient (Wildman–Crippen LogP) is 2.96. The molecule has 6 heteroatoms. The number of halogens is 1. The second kappa shape index (κ2) is 5.95. The summed E-state index contributed by atoms with van der Waals surface area (Å²) in [4.78, 5) is 15.7. The molecule has 1 aromatic carbocycles. The Bertz CT molecular complexity index is 685. The van der Waals surface area contributed by atoms with Gasteiger partial charge in [-0.15, -0.1) is 0 Å². The van der Waals surface area contributed by atoms with Gasteiger partial charge in [-0.3, -0.25) is 0 Å². The van der Waals surface area contributed by atoms with Crippen LogP contribution in [0.4, 0.5) is 4.39 Å². The smallest absolute Gasteiger partial charge is 0.356 e. The van der Waals surface area contributed by atoms with Crippen LogP contribution in [0.2, 0.25) is 0 Å². The van der Waals surface area contributed by atoms with E-state index in [1.165, 1.54) is 32.4 Å². The highest BCUT2D eigenvalue weighted by Gasteiger charge is 2.19. The van der Waals surface area contributed by atoms with E-state index in [0.717, 1.165) is 0 Å². The van der Waals surface area contributed by atoms with Crippen molar-refractivity contribution < 1.29 is 23.4 Å². The highest BCUT2D eigenvalue weighted by atomic mass is 19.1. The minimum Gasteiger partial charge on any atom is -0.496 e. The van der Waals surface area contributed by atoms with E-state index in [2.05, 4.69) is 9.72 Å². The topological polar surface area (TPSA) is 57.7 Å². The largest absolute Gasteiger partial charge is 0.496 e. The molecular weight excluding hydrogens is 277 g/mol. The van der Waals surface area contributed by atoms with Gasteiger partial charge in [0.05, 0.1) is 25.7 Å². The molecule has 2 aromatic rings. The predicted molar refractivity (Wildman–Crippen MR) is 75.4 cm³/mol. The normalized spacial score (nSPS) is 10.8. The lowest BCUT2D eigenvalue weighted by atomic mass is 10.1. The summed E-state index contributed by atoms with van der Waals surface area (Å²) in [5, 5.41) is 0.388. The van der Waals surface area contributed by atoms with Crippen molar-refractivity contribution in [2.45, 2.75) is 20.0 Å². The van der Waals surface area contributed by atoms with Crippen molar-refractivity contribution in [3.05, 3.63) is 29.7 Å². The van der Waals surface area contributed by atoms with E-state index >= 15 is 0 Å². The van der Waals surface area contributed by atoms with E-state index in [-0.39, 0.29) is 17.3 Å². The number of hydrogen-bond acceptors (Lipinski definition) is 5. The molecule has 0 aliphatic heterocycles. The Balaban J connectivity index is 2.80. The number of esters is 1. The Morgan fingerprint density at radius 1 is 1.24 bits per heavy atom. The van der Waals surface area contributed by atoms with E-state index in [0.29, 0.717) is 16.9 Å². The average molecular weight is 293 g/mol. The van der Waals surface area contributed by atoms with Crippen molar-refractivity contribution in [3.8, 4) is 11.5 Å². The minimum atomic E-state index is -0.660. The van der Waals surface area contributed by atoms with Crippen LogP contribution in [0.3, 0.4) is 0 Å². The highest BCUT2D eigenvalue weighted by molar-refractivity contribution is 5.97. The number of fused-ring (bicyclic) bond motifs is 1. The van der Waals surface area contributed by atoms with Crippen molar-refractivity contribution >= 4 is 16.9 Å². The second-order valence-corrected chi connectivity index (χ2v) is 4.64. The van der Waals surface area contributed by atoms with E-state index in [1.807, 2.05) is 13.8 Å². The summed E-state index contributed by atoms with van der Waals surface area (Å²) in [6.07, 6.45) is -0.158. The van der Waals surface area contributed by atoms with Crippen molar-refractivity contribution in [1.82, 2.24) is 4.98 Å². The molecule has 0 fully saturated rings. The summed E-state index contributed by atoms with van der Waals surface area (Å²) < 4.78 is 29.6. The molecule has 112 valence electrons. The number of aromatic nitrogens is 1. The average Bonchev–Trinajstić information content (AvgIpc) is 2.46. The fraction of sp³-hybridized carbons (Fsp3) is 0.333. The maximum Gasteiger partial charge on any atom is 0.356 e. The fourth-order valence-corrected chi connectivity index (χ4v) is 1.97. The molecular formula is C15H16FNO4.